The van der Waals surface area contributed by atoms with E-state index in [1.807, 2.05) is 0 Å². The van der Waals surface area contributed by atoms with Crippen LogP contribution in [0.2, 0.25) is 5.02 Å². The average Bonchev–Trinajstić information content (AvgIpc) is 2.37. The molecule has 0 bridgehead atoms. The first kappa shape index (κ1) is 6.54. The van der Waals surface area contributed by atoms with E-state index in [1.54, 1.807) is 6.92 Å². The zero-order valence-corrected chi connectivity index (χ0v) is 6.44. The number of aromatic nitrogens is 2. The molecule has 58 valence electrons. The van der Waals surface area contributed by atoms with Crippen LogP contribution in [0.1, 0.15) is 5.82 Å². The lowest BCUT2D eigenvalue weighted by Gasteiger charge is -1.81. The molecule has 0 radical (unpaired) electrons. The van der Waals surface area contributed by atoms with Crippen LogP contribution in [-0.4, -0.2) is 15.1 Å². The minimum absolute atomic E-state index is 0.181. The maximum atomic E-state index is 8.96. The van der Waals surface area contributed by atoms with Gasteiger partial charge in [0.05, 0.1) is 0 Å². The summed E-state index contributed by atoms with van der Waals surface area (Å²) in [4.78, 5) is 6.78. The van der Waals surface area contributed by atoms with Crippen LogP contribution >= 0.6 is 11.6 Å². The smallest absolute Gasteiger partial charge is 0.305 e. The Balaban J connectivity index is 2.88. The standard InChI is InChI=1S/C6H5ClN2O2/c1-2-8-4-3(7)6(10)11-5(4)9-2/h10H,1H3,(H,8,9). The van der Waals surface area contributed by atoms with E-state index in [1.165, 1.54) is 0 Å². The van der Waals surface area contributed by atoms with E-state index in [-0.39, 0.29) is 11.0 Å². The predicted molar refractivity (Wildman–Crippen MR) is 39.8 cm³/mol. The second kappa shape index (κ2) is 1.92. The van der Waals surface area contributed by atoms with Crippen LogP contribution in [0.3, 0.4) is 0 Å². The third-order valence-corrected chi connectivity index (χ3v) is 1.74. The second-order valence-electron chi connectivity index (χ2n) is 2.22. The first-order valence-electron chi connectivity index (χ1n) is 3.02. The number of hydrogen-bond acceptors (Lipinski definition) is 3. The van der Waals surface area contributed by atoms with Gasteiger partial charge in [-0.2, -0.15) is 4.98 Å². The summed E-state index contributed by atoms with van der Waals surface area (Å²) in [6.07, 6.45) is 0. The fraction of sp³-hybridized carbons (Fsp3) is 0.167. The van der Waals surface area contributed by atoms with Gasteiger partial charge >= 0.3 is 5.95 Å². The summed E-state index contributed by atoms with van der Waals surface area (Å²) in [7, 11) is 0. The summed E-state index contributed by atoms with van der Waals surface area (Å²) < 4.78 is 4.80. The van der Waals surface area contributed by atoms with Gasteiger partial charge in [0.25, 0.3) is 0 Å². The van der Waals surface area contributed by atoms with Crippen molar-refractivity contribution in [2.24, 2.45) is 0 Å². The van der Waals surface area contributed by atoms with Crippen molar-refractivity contribution in [2.75, 3.05) is 0 Å². The van der Waals surface area contributed by atoms with Crippen molar-refractivity contribution >= 4 is 22.8 Å². The van der Waals surface area contributed by atoms with Gasteiger partial charge < -0.3 is 14.5 Å². The number of hydrogen-bond donors (Lipinski definition) is 2. The fourth-order valence-electron chi connectivity index (χ4n) is 0.936. The number of H-pyrrole nitrogens is 1. The number of rotatable bonds is 0. The molecule has 0 unspecified atom stereocenters. The van der Waals surface area contributed by atoms with Crippen molar-refractivity contribution in [1.29, 1.82) is 0 Å². The number of nitrogens with one attached hydrogen (secondary N) is 1. The molecule has 0 spiro atoms. The highest BCUT2D eigenvalue weighted by Gasteiger charge is 2.13. The van der Waals surface area contributed by atoms with E-state index in [0.29, 0.717) is 17.1 Å². The van der Waals surface area contributed by atoms with E-state index in [9.17, 15) is 0 Å². The lowest BCUT2D eigenvalue weighted by molar-refractivity contribution is 0.344. The zero-order valence-electron chi connectivity index (χ0n) is 5.68. The van der Waals surface area contributed by atoms with Gasteiger partial charge in [0, 0.05) is 0 Å². The molecule has 5 heteroatoms. The minimum Gasteiger partial charge on any atom is -0.480 e. The largest absolute Gasteiger partial charge is 0.480 e. The Bertz CT molecular complexity index is 404. The Kier molecular flexibility index (Phi) is 1.14. The summed E-state index contributed by atoms with van der Waals surface area (Å²) in [5.41, 5.74) is 0.881. The molecule has 11 heavy (non-hydrogen) atoms. The molecule has 2 aromatic rings. The number of fused-ring (bicyclic) bond motifs is 1. The minimum atomic E-state index is -0.291. The quantitative estimate of drug-likeness (QED) is 0.637. The molecule has 0 aromatic carbocycles. The van der Waals surface area contributed by atoms with Crippen molar-refractivity contribution in [3.8, 4) is 5.95 Å². The van der Waals surface area contributed by atoms with Gasteiger partial charge in [-0.3, -0.25) is 0 Å². The number of aromatic amines is 1. The Morgan fingerprint density at radius 1 is 1.64 bits per heavy atom. The van der Waals surface area contributed by atoms with Crippen LogP contribution in [-0.2, 0) is 0 Å². The van der Waals surface area contributed by atoms with Crippen LogP contribution in [0.5, 0.6) is 5.95 Å². The summed E-state index contributed by atoms with van der Waals surface area (Å²) in [5, 5.41) is 9.15. The Morgan fingerprint density at radius 2 is 2.36 bits per heavy atom. The van der Waals surface area contributed by atoms with E-state index in [2.05, 4.69) is 9.97 Å². The highest BCUT2D eigenvalue weighted by molar-refractivity contribution is 6.36. The predicted octanol–water partition coefficient (Wildman–Crippen LogP) is 1.82. The number of aromatic hydroxyl groups is 1. The number of imidazole rings is 1. The summed E-state index contributed by atoms with van der Waals surface area (Å²) in [5.74, 6) is 0.418. The van der Waals surface area contributed by atoms with Crippen molar-refractivity contribution in [3.63, 3.8) is 0 Å². The van der Waals surface area contributed by atoms with Gasteiger partial charge in [-0.05, 0) is 6.92 Å². The number of furan rings is 1. The van der Waals surface area contributed by atoms with Gasteiger partial charge in [-0.1, -0.05) is 11.6 Å². The van der Waals surface area contributed by atoms with E-state index in [4.69, 9.17) is 21.1 Å². The van der Waals surface area contributed by atoms with Gasteiger partial charge in [-0.25, -0.2) is 0 Å². The van der Waals surface area contributed by atoms with Crippen molar-refractivity contribution in [2.45, 2.75) is 6.92 Å². The molecule has 2 heterocycles. The summed E-state index contributed by atoms with van der Waals surface area (Å²) in [6, 6.07) is 0. The van der Waals surface area contributed by atoms with Gasteiger partial charge in [0.15, 0.2) is 5.02 Å². The maximum Gasteiger partial charge on any atom is 0.305 e. The molecule has 0 aliphatic carbocycles. The molecule has 0 amide bonds. The number of halogens is 1. The molecule has 0 saturated heterocycles. The van der Waals surface area contributed by atoms with Gasteiger partial charge in [0.2, 0.25) is 5.71 Å². The summed E-state index contributed by atoms with van der Waals surface area (Å²) >= 11 is 5.64. The molecule has 4 nitrogen and oxygen atoms in total. The average molecular weight is 173 g/mol. The van der Waals surface area contributed by atoms with Crippen molar-refractivity contribution < 1.29 is 9.52 Å². The first-order chi connectivity index (χ1) is 5.18. The SMILES string of the molecule is Cc1nc2oc(O)c(Cl)c2[nH]1. The van der Waals surface area contributed by atoms with Crippen molar-refractivity contribution in [1.82, 2.24) is 9.97 Å². The molecule has 0 fully saturated rings. The second-order valence-corrected chi connectivity index (χ2v) is 2.60. The molecular formula is C6H5ClN2O2. The topological polar surface area (TPSA) is 62.1 Å². The molecular weight excluding hydrogens is 168 g/mol. The van der Waals surface area contributed by atoms with Crippen LogP contribution in [0, 0.1) is 6.92 Å². The first-order valence-corrected chi connectivity index (χ1v) is 3.40. The Morgan fingerprint density at radius 3 is 3.00 bits per heavy atom. The zero-order chi connectivity index (χ0) is 8.01. The Labute approximate surface area is 66.8 Å². The third kappa shape index (κ3) is 0.793. The monoisotopic (exact) mass is 172 g/mol. The lowest BCUT2D eigenvalue weighted by atomic mass is 10.5. The van der Waals surface area contributed by atoms with Crippen LogP contribution < -0.4 is 0 Å². The molecule has 0 aliphatic heterocycles. The Hall–Kier alpha value is -1.16. The van der Waals surface area contributed by atoms with Gasteiger partial charge in [0.1, 0.15) is 11.3 Å². The summed E-state index contributed by atoms with van der Waals surface area (Å²) in [6.45, 7) is 1.78. The lowest BCUT2D eigenvalue weighted by Crippen LogP contribution is -1.70. The van der Waals surface area contributed by atoms with E-state index in [0.717, 1.165) is 0 Å². The highest BCUT2D eigenvalue weighted by atomic mass is 35.5. The molecule has 2 rings (SSSR count). The van der Waals surface area contributed by atoms with Crippen LogP contribution in [0.4, 0.5) is 0 Å². The molecule has 0 atom stereocenters. The molecule has 0 aliphatic rings. The van der Waals surface area contributed by atoms with Crippen molar-refractivity contribution in [3.05, 3.63) is 10.8 Å². The highest BCUT2D eigenvalue weighted by Crippen LogP contribution is 2.33. The van der Waals surface area contributed by atoms with Crippen LogP contribution in [0.15, 0.2) is 4.42 Å². The normalized spacial score (nSPS) is 11.1. The number of nitrogens with zero attached hydrogens (tertiary/aromatic N) is 1. The van der Waals surface area contributed by atoms with E-state index < -0.39 is 0 Å². The van der Waals surface area contributed by atoms with Gasteiger partial charge in [-0.15, -0.1) is 0 Å². The molecule has 2 aromatic heterocycles. The maximum absolute atomic E-state index is 8.96. The van der Waals surface area contributed by atoms with E-state index >= 15 is 0 Å². The molecule has 0 saturated carbocycles. The molecule has 2 N–H and O–H groups in total. The third-order valence-electron chi connectivity index (χ3n) is 1.39. The van der Waals surface area contributed by atoms with Crippen LogP contribution in [0.25, 0.3) is 11.2 Å². The fourth-order valence-corrected chi connectivity index (χ4v) is 1.10. The number of aryl methyl sites for hydroxylation is 1.